The molecule has 0 radical (unpaired) electrons. The number of carbonyl (C=O) groups excluding carboxylic acids is 1. The molecule has 4 unspecified atom stereocenters. The Kier molecular flexibility index (Phi) is 33.7. The van der Waals surface area contributed by atoms with Gasteiger partial charge in [-0.05, 0) is 64.2 Å². The summed E-state index contributed by atoms with van der Waals surface area (Å²) in [4.78, 5) is 12.4. The van der Waals surface area contributed by atoms with Crippen molar-refractivity contribution in [2.45, 2.75) is 205 Å². The van der Waals surface area contributed by atoms with E-state index in [9.17, 15) is 25.2 Å². The van der Waals surface area contributed by atoms with Gasteiger partial charge in [-0.25, -0.2) is 0 Å². The second kappa shape index (κ2) is 34.9. The van der Waals surface area contributed by atoms with Crippen LogP contribution in [0, 0.1) is 0 Å². The van der Waals surface area contributed by atoms with E-state index < -0.39 is 36.9 Å². The van der Waals surface area contributed by atoms with Crippen LogP contribution in [0.4, 0.5) is 0 Å². The highest BCUT2D eigenvalue weighted by molar-refractivity contribution is 5.80. The van der Waals surface area contributed by atoms with Crippen molar-refractivity contribution in [2.75, 3.05) is 6.61 Å². The van der Waals surface area contributed by atoms with E-state index in [1.165, 1.54) is 96.3 Å². The Morgan fingerprint density at radius 3 is 1.37 bits per heavy atom. The Morgan fingerprint density at radius 2 is 0.913 bits per heavy atom. The molecule has 0 aromatic heterocycles. The highest BCUT2D eigenvalue weighted by Gasteiger charge is 2.28. The molecule has 6 heteroatoms. The highest BCUT2D eigenvalue weighted by Crippen LogP contribution is 2.14. The largest absolute Gasteiger partial charge is 0.394 e. The molecule has 0 saturated carbocycles. The van der Waals surface area contributed by atoms with Crippen LogP contribution in [0.5, 0.6) is 0 Å². The van der Waals surface area contributed by atoms with Crippen LogP contribution in [0.2, 0.25) is 0 Å². The lowest BCUT2D eigenvalue weighted by Crippen LogP contribution is -2.53. The molecular weight excluding hydrogens is 574 g/mol. The van der Waals surface area contributed by atoms with Gasteiger partial charge in [0, 0.05) is 0 Å². The number of unbranched alkanes of at least 4 members (excludes halogenated alkanes) is 19. The topological polar surface area (TPSA) is 110 Å². The standard InChI is InChI=1S/C40H75NO5/c1-3-5-7-9-11-13-15-17-18-19-20-22-23-25-27-29-31-33-37(43)39(45)36(35-42)41-40(46)38(44)34-32-30-28-26-24-21-16-14-12-10-8-6-4-2/h13,15,19-20,25,27,36-39,42-45H,3-12,14,16-18,21-24,26,28-35H2,1-2H3,(H,41,46)/b15-13+,20-19+,27-25+. The summed E-state index contributed by atoms with van der Waals surface area (Å²) in [6.07, 6.45) is 38.7. The Labute approximate surface area is 284 Å². The molecule has 5 N–H and O–H groups in total. The van der Waals surface area contributed by atoms with Crippen molar-refractivity contribution in [1.82, 2.24) is 5.32 Å². The Hall–Kier alpha value is -1.47. The van der Waals surface area contributed by atoms with E-state index in [1.807, 2.05) is 0 Å². The van der Waals surface area contributed by atoms with Crippen LogP contribution in [0.25, 0.3) is 0 Å². The molecule has 0 rings (SSSR count). The molecule has 0 aliphatic rings. The van der Waals surface area contributed by atoms with E-state index in [4.69, 9.17) is 0 Å². The summed E-state index contributed by atoms with van der Waals surface area (Å²) in [7, 11) is 0. The van der Waals surface area contributed by atoms with Crippen LogP contribution >= 0.6 is 0 Å². The van der Waals surface area contributed by atoms with Crippen molar-refractivity contribution >= 4 is 5.91 Å². The van der Waals surface area contributed by atoms with Gasteiger partial charge in [0.05, 0.1) is 18.8 Å². The van der Waals surface area contributed by atoms with Crippen LogP contribution in [0.1, 0.15) is 181 Å². The van der Waals surface area contributed by atoms with Gasteiger partial charge >= 0.3 is 0 Å². The van der Waals surface area contributed by atoms with Gasteiger partial charge in [0.15, 0.2) is 0 Å². The first-order chi connectivity index (χ1) is 22.5. The normalized spacial score (nSPS) is 14.8. The molecule has 0 aliphatic heterocycles. The summed E-state index contributed by atoms with van der Waals surface area (Å²) in [6.45, 7) is 3.99. The zero-order valence-electron chi connectivity index (χ0n) is 30.1. The van der Waals surface area contributed by atoms with Crippen LogP contribution in [-0.2, 0) is 4.79 Å². The van der Waals surface area contributed by atoms with E-state index in [-0.39, 0.29) is 0 Å². The quantitative estimate of drug-likeness (QED) is 0.0352. The number of aliphatic hydroxyl groups excluding tert-OH is 4. The lowest BCUT2D eigenvalue weighted by atomic mass is 10.00. The fraction of sp³-hybridized carbons (Fsp3) is 0.825. The second-order valence-electron chi connectivity index (χ2n) is 13.3. The van der Waals surface area contributed by atoms with E-state index in [0.717, 1.165) is 51.4 Å². The third-order valence-corrected chi connectivity index (χ3v) is 8.81. The van der Waals surface area contributed by atoms with Gasteiger partial charge in [0.2, 0.25) is 5.91 Å². The smallest absolute Gasteiger partial charge is 0.249 e. The molecule has 0 aliphatic carbocycles. The van der Waals surface area contributed by atoms with Gasteiger partial charge in [-0.3, -0.25) is 4.79 Å². The van der Waals surface area contributed by atoms with Crippen LogP contribution in [0.15, 0.2) is 36.5 Å². The van der Waals surface area contributed by atoms with Crippen LogP contribution < -0.4 is 5.32 Å². The lowest BCUT2D eigenvalue weighted by Gasteiger charge is -2.27. The Morgan fingerprint density at radius 1 is 0.522 bits per heavy atom. The average molecular weight is 650 g/mol. The third-order valence-electron chi connectivity index (χ3n) is 8.81. The zero-order chi connectivity index (χ0) is 33.9. The van der Waals surface area contributed by atoms with Gasteiger partial charge in [-0.1, -0.05) is 153 Å². The maximum atomic E-state index is 12.4. The predicted molar refractivity (Wildman–Crippen MR) is 196 cm³/mol. The van der Waals surface area contributed by atoms with Gasteiger partial charge in [0.1, 0.15) is 12.2 Å². The molecule has 270 valence electrons. The number of hydrogen-bond donors (Lipinski definition) is 5. The minimum Gasteiger partial charge on any atom is -0.394 e. The maximum Gasteiger partial charge on any atom is 0.249 e. The van der Waals surface area contributed by atoms with Gasteiger partial charge < -0.3 is 25.7 Å². The zero-order valence-corrected chi connectivity index (χ0v) is 30.1. The first kappa shape index (κ1) is 44.5. The first-order valence-corrected chi connectivity index (χ1v) is 19.4. The van der Waals surface area contributed by atoms with Crippen molar-refractivity contribution in [3.63, 3.8) is 0 Å². The average Bonchev–Trinajstić information content (AvgIpc) is 3.06. The van der Waals surface area contributed by atoms with Crippen molar-refractivity contribution in [3.8, 4) is 0 Å². The first-order valence-electron chi connectivity index (χ1n) is 19.4. The molecule has 0 spiro atoms. The lowest BCUT2D eigenvalue weighted by molar-refractivity contribution is -0.132. The van der Waals surface area contributed by atoms with E-state index in [1.54, 1.807) is 0 Å². The minimum atomic E-state index is -1.29. The number of rotatable bonds is 34. The number of aliphatic hydroxyl groups is 4. The molecule has 46 heavy (non-hydrogen) atoms. The van der Waals surface area contributed by atoms with E-state index >= 15 is 0 Å². The van der Waals surface area contributed by atoms with Crippen molar-refractivity contribution < 1.29 is 25.2 Å². The minimum absolute atomic E-state index is 0.360. The van der Waals surface area contributed by atoms with Crippen LogP contribution in [0.3, 0.4) is 0 Å². The highest BCUT2D eigenvalue weighted by atomic mass is 16.3. The molecule has 6 nitrogen and oxygen atoms in total. The fourth-order valence-electron chi connectivity index (χ4n) is 5.67. The third kappa shape index (κ3) is 28.7. The van der Waals surface area contributed by atoms with Gasteiger partial charge in [-0.15, -0.1) is 0 Å². The predicted octanol–water partition coefficient (Wildman–Crippen LogP) is 9.40. The van der Waals surface area contributed by atoms with Crippen molar-refractivity contribution in [1.29, 1.82) is 0 Å². The summed E-state index contributed by atoms with van der Waals surface area (Å²) >= 11 is 0. The molecule has 0 heterocycles. The Bertz CT molecular complexity index is 737. The summed E-state index contributed by atoms with van der Waals surface area (Å²) < 4.78 is 0. The van der Waals surface area contributed by atoms with Crippen molar-refractivity contribution in [2.24, 2.45) is 0 Å². The summed E-state index contributed by atoms with van der Waals surface area (Å²) in [5.41, 5.74) is 0. The molecule has 0 bridgehead atoms. The molecule has 4 atom stereocenters. The summed E-state index contributed by atoms with van der Waals surface area (Å²) in [5, 5.41) is 43.4. The number of carbonyl (C=O) groups is 1. The Balaban J connectivity index is 3.90. The summed E-state index contributed by atoms with van der Waals surface area (Å²) in [5.74, 6) is -0.601. The van der Waals surface area contributed by atoms with Gasteiger partial charge in [0.25, 0.3) is 0 Å². The molecule has 0 aromatic rings. The second-order valence-corrected chi connectivity index (χ2v) is 13.3. The van der Waals surface area contributed by atoms with E-state index in [2.05, 4.69) is 55.6 Å². The number of amides is 1. The SMILES string of the molecule is CCCCCC/C=C/CC/C=C/CC/C=C/CCCC(O)C(O)C(CO)NC(=O)C(O)CCCCCCCCCCCCCCC. The number of allylic oxidation sites excluding steroid dienone is 6. The molecule has 0 saturated heterocycles. The number of hydrogen-bond acceptors (Lipinski definition) is 5. The summed E-state index contributed by atoms with van der Waals surface area (Å²) in [6, 6.07) is -1.01. The molecule has 0 aromatic carbocycles. The van der Waals surface area contributed by atoms with Gasteiger partial charge in [-0.2, -0.15) is 0 Å². The monoisotopic (exact) mass is 650 g/mol. The molecule has 1 amide bonds. The number of nitrogens with one attached hydrogen (secondary N) is 1. The van der Waals surface area contributed by atoms with Crippen molar-refractivity contribution in [3.05, 3.63) is 36.5 Å². The van der Waals surface area contributed by atoms with Crippen LogP contribution in [-0.4, -0.2) is 57.3 Å². The molecular formula is C40H75NO5. The van der Waals surface area contributed by atoms with E-state index in [0.29, 0.717) is 19.3 Å². The molecule has 0 fully saturated rings. The fourth-order valence-corrected chi connectivity index (χ4v) is 5.67. The maximum absolute atomic E-state index is 12.4.